The van der Waals surface area contributed by atoms with Crippen molar-refractivity contribution in [3.05, 3.63) is 32.7 Å². The van der Waals surface area contributed by atoms with Crippen molar-refractivity contribution >= 4 is 37.8 Å². The third kappa shape index (κ3) is 6.40. The molecule has 0 spiro atoms. The first-order valence-electron chi connectivity index (χ1n) is 7.20. The van der Waals surface area contributed by atoms with Gasteiger partial charge in [-0.25, -0.2) is 4.79 Å². The molecule has 0 saturated heterocycles. The second kappa shape index (κ2) is 9.56. The van der Waals surface area contributed by atoms with Crippen molar-refractivity contribution in [2.75, 3.05) is 0 Å². The Kier molecular flexibility index (Phi) is 8.46. The van der Waals surface area contributed by atoms with Crippen LogP contribution in [0.2, 0.25) is 0 Å². The smallest absolute Gasteiger partial charge is 0.339 e. The highest BCUT2D eigenvalue weighted by Gasteiger charge is 2.15. The molecule has 0 amide bonds. The van der Waals surface area contributed by atoms with E-state index in [4.69, 9.17) is 4.74 Å². The lowest BCUT2D eigenvalue weighted by Gasteiger charge is -2.14. The maximum absolute atomic E-state index is 12.1. The molecule has 112 valence electrons. The summed E-state index contributed by atoms with van der Waals surface area (Å²) in [5, 5.41) is 0. The van der Waals surface area contributed by atoms with Crippen LogP contribution < -0.4 is 0 Å². The Morgan fingerprint density at radius 2 is 1.90 bits per heavy atom. The van der Waals surface area contributed by atoms with Crippen molar-refractivity contribution in [2.24, 2.45) is 0 Å². The lowest BCUT2D eigenvalue weighted by atomic mass is 10.1. The highest BCUT2D eigenvalue weighted by molar-refractivity contribution is 9.11. The molecule has 1 rings (SSSR count). The summed E-state index contributed by atoms with van der Waals surface area (Å²) < 4.78 is 7.13. The molecule has 0 aliphatic heterocycles. The summed E-state index contributed by atoms with van der Waals surface area (Å²) in [5.74, 6) is -0.265. The van der Waals surface area contributed by atoms with Gasteiger partial charge < -0.3 is 4.74 Å². The van der Waals surface area contributed by atoms with Gasteiger partial charge in [0.1, 0.15) is 0 Å². The lowest BCUT2D eigenvalue weighted by Crippen LogP contribution is -2.15. The molecule has 0 unspecified atom stereocenters. The number of unbranched alkanes of at least 4 members (excludes halogenated alkanes) is 4. The molecule has 0 aliphatic carbocycles. The van der Waals surface area contributed by atoms with E-state index in [1.807, 2.05) is 19.1 Å². The van der Waals surface area contributed by atoms with Crippen LogP contribution in [-0.2, 0) is 4.74 Å². The van der Waals surface area contributed by atoms with Crippen molar-refractivity contribution in [2.45, 2.75) is 58.5 Å². The third-order valence-corrected chi connectivity index (χ3v) is 4.36. The van der Waals surface area contributed by atoms with Crippen molar-refractivity contribution in [3.8, 4) is 0 Å². The van der Waals surface area contributed by atoms with Crippen LogP contribution in [-0.4, -0.2) is 12.1 Å². The predicted molar refractivity (Wildman–Crippen MR) is 90.1 cm³/mol. The molecular formula is C16H22Br2O2. The molecule has 0 heterocycles. The molecule has 0 aromatic heterocycles. The van der Waals surface area contributed by atoms with E-state index in [-0.39, 0.29) is 12.1 Å². The van der Waals surface area contributed by atoms with Crippen molar-refractivity contribution < 1.29 is 9.53 Å². The Balaban J connectivity index is 2.39. The monoisotopic (exact) mass is 404 g/mol. The maximum Gasteiger partial charge on any atom is 0.339 e. The molecule has 1 aromatic carbocycles. The first-order valence-corrected chi connectivity index (χ1v) is 8.79. The molecule has 0 bridgehead atoms. The SMILES string of the molecule is CCCCCCC[C@H](C)OC(=O)c1cc(Br)ccc1Br. The summed E-state index contributed by atoms with van der Waals surface area (Å²) in [4.78, 5) is 12.1. The number of esters is 1. The number of carbonyl (C=O) groups is 1. The summed E-state index contributed by atoms with van der Waals surface area (Å²) in [5.41, 5.74) is 0.567. The van der Waals surface area contributed by atoms with Gasteiger partial charge in [-0.1, -0.05) is 48.5 Å². The molecule has 0 saturated carbocycles. The second-order valence-electron chi connectivity index (χ2n) is 5.04. The molecule has 2 nitrogen and oxygen atoms in total. The van der Waals surface area contributed by atoms with E-state index in [0.29, 0.717) is 5.56 Å². The quantitative estimate of drug-likeness (QED) is 0.384. The summed E-state index contributed by atoms with van der Waals surface area (Å²) in [7, 11) is 0. The van der Waals surface area contributed by atoms with Gasteiger partial charge >= 0.3 is 5.97 Å². The molecule has 1 atom stereocenters. The Hall–Kier alpha value is -0.350. The molecule has 20 heavy (non-hydrogen) atoms. The van der Waals surface area contributed by atoms with Crippen molar-refractivity contribution in [3.63, 3.8) is 0 Å². The summed E-state index contributed by atoms with van der Waals surface area (Å²) in [6, 6.07) is 5.51. The highest BCUT2D eigenvalue weighted by atomic mass is 79.9. The van der Waals surface area contributed by atoms with E-state index >= 15 is 0 Å². The Bertz CT molecular complexity index is 432. The Labute approximate surface area is 138 Å². The average molecular weight is 406 g/mol. The number of ether oxygens (including phenoxy) is 1. The van der Waals surface area contributed by atoms with Gasteiger partial charge in [0, 0.05) is 8.95 Å². The van der Waals surface area contributed by atoms with E-state index in [2.05, 4.69) is 38.8 Å². The van der Waals surface area contributed by atoms with Crippen LogP contribution in [0.4, 0.5) is 0 Å². The fourth-order valence-corrected chi connectivity index (χ4v) is 2.76. The zero-order valence-corrected chi connectivity index (χ0v) is 15.3. The van der Waals surface area contributed by atoms with Crippen LogP contribution in [0.25, 0.3) is 0 Å². The van der Waals surface area contributed by atoms with Gasteiger partial charge in [0.05, 0.1) is 11.7 Å². The number of hydrogen-bond donors (Lipinski definition) is 0. The van der Waals surface area contributed by atoms with E-state index in [1.54, 1.807) is 6.07 Å². The topological polar surface area (TPSA) is 26.3 Å². The third-order valence-electron chi connectivity index (χ3n) is 3.17. The van der Waals surface area contributed by atoms with Gasteiger partial charge in [-0.2, -0.15) is 0 Å². The minimum absolute atomic E-state index is 0.0324. The van der Waals surface area contributed by atoms with Crippen LogP contribution in [0, 0.1) is 0 Å². The zero-order valence-electron chi connectivity index (χ0n) is 12.1. The standard InChI is InChI=1S/C16H22Br2O2/c1-3-4-5-6-7-8-12(2)20-16(19)14-11-13(17)9-10-15(14)18/h9-12H,3-8H2,1-2H3/t12-/m0/s1. The molecule has 0 radical (unpaired) electrons. The van der Waals surface area contributed by atoms with E-state index in [0.717, 1.165) is 21.8 Å². The normalized spacial score (nSPS) is 12.2. The number of benzene rings is 1. The summed E-state index contributed by atoms with van der Waals surface area (Å²) in [6.07, 6.45) is 7.05. The van der Waals surface area contributed by atoms with Crippen molar-refractivity contribution in [1.29, 1.82) is 0 Å². The Morgan fingerprint density at radius 1 is 1.20 bits per heavy atom. The summed E-state index contributed by atoms with van der Waals surface area (Å²) >= 11 is 6.75. The van der Waals surface area contributed by atoms with E-state index in [1.165, 1.54) is 25.7 Å². The van der Waals surface area contributed by atoms with Gasteiger partial charge in [0.15, 0.2) is 0 Å². The zero-order chi connectivity index (χ0) is 15.0. The number of rotatable bonds is 8. The molecule has 0 aliphatic rings. The largest absolute Gasteiger partial charge is 0.459 e. The highest BCUT2D eigenvalue weighted by Crippen LogP contribution is 2.23. The van der Waals surface area contributed by atoms with Gasteiger partial charge in [0.25, 0.3) is 0 Å². The van der Waals surface area contributed by atoms with E-state index < -0.39 is 0 Å². The van der Waals surface area contributed by atoms with Crippen LogP contribution in [0.3, 0.4) is 0 Å². The Morgan fingerprint density at radius 3 is 2.60 bits per heavy atom. The fourth-order valence-electron chi connectivity index (χ4n) is 1.99. The van der Waals surface area contributed by atoms with Crippen LogP contribution >= 0.6 is 31.9 Å². The lowest BCUT2D eigenvalue weighted by molar-refractivity contribution is 0.0318. The number of halogens is 2. The second-order valence-corrected chi connectivity index (χ2v) is 6.81. The number of hydrogen-bond acceptors (Lipinski definition) is 2. The van der Waals surface area contributed by atoms with Gasteiger partial charge in [-0.3, -0.25) is 0 Å². The van der Waals surface area contributed by atoms with Crippen LogP contribution in [0.5, 0.6) is 0 Å². The molecule has 0 N–H and O–H groups in total. The van der Waals surface area contributed by atoms with Gasteiger partial charge in [0.2, 0.25) is 0 Å². The fraction of sp³-hybridized carbons (Fsp3) is 0.562. The predicted octanol–water partition coefficient (Wildman–Crippen LogP) is 6.12. The first-order chi connectivity index (χ1) is 9.54. The van der Waals surface area contributed by atoms with Crippen molar-refractivity contribution in [1.82, 2.24) is 0 Å². The maximum atomic E-state index is 12.1. The number of carbonyl (C=O) groups excluding carboxylic acids is 1. The first kappa shape index (κ1) is 17.7. The molecular weight excluding hydrogens is 384 g/mol. The van der Waals surface area contributed by atoms with Gasteiger partial charge in [-0.05, 0) is 53.9 Å². The van der Waals surface area contributed by atoms with E-state index in [9.17, 15) is 4.79 Å². The van der Waals surface area contributed by atoms with Crippen LogP contribution in [0.1, 0.15) is 62.7 Å². The average Bonchev–Trinajstić information content (AvgIpc) is 2.41. The molecule has 0 fully saturated rings. The molecule has 1 aromatic rings. The van der Waals surface area contributed by atoms with Gasteiger partial charge in [-0.15, -0.1) is 0 Å². The minimum atomic E-state index is -0.265. The summed E-state index contributed by atoms with van der Waals surface area (Å²) in [6.45, 7) is 4.17. The molecule has 4 heteroatoms. The van der Waals surface area contributed by atoms with Crippen LogP contribution in [0.15, 0.2) is 27.1 Å². The minimum Gasteiger partial charge on any atom is -0.459 e.